The first kappa shape index (κ1) is 16.8. The molecule has 1 aromatic carbocycles. The maximum Gasteiger partial charge on any atom is 0.422 e. The number of alkyl halides is 3. The molecule has 0 bridgehead atoms. The van der Waals surface area contributed by atoms with Crippen molar-refractivity contribution in [2.45, 2.75) is 25.1 Å². The van der Waals surface area contributed by atoms with Crippen LogP contribution >= 0.6 is 0 Å². The Balaban J connectivity index is 2.87. The first-order valence-electron chi connectivity index (χ1n) is 5.84. The van der Waals surface area contributed by atoms with Crippen LogP contribution in [0.2, 0.25) is 0 Å². The van der Waals surface area contributed by atoms with Crippen molar-refractivity contribution in [3.63, 3.8) is 0 Å². The molecule has 116 valence electrons. The van der Waals surface area contributed by atoms with Gasteiger partial charge in [-0.1, -0.05) is 12.1 Å². The highest BCUT2D eigenvalue weighted by Gasteiger charge is 2.58. The van der Waals surface area contributed by atoms with Gasteiger partial charge in [0, 0.05) is 0 Å². The van der Waals surface area contributed by atoms with Crippen LogP contribution in [0.25, 0.3) is 0 Å². The SMILES string of the molecule is COc1cccc(CC(=O)NC(C)(C(=O)O)C(F)(F)F)c1. The van der Waals surface area contributed by atoms with E-state index in [0.29, 0.717) is 18.2 Å². The zero-order valence-corrected chi connectivity index (χ0v) is 11.3. The van der Waals surface area contributed by atoms with Gasteiger partial charge in [-0.25, -0.2) is 4.79 Å². The number of carbonyl (C=O) groups excluding carboxylic acids is 1. The van der Waals surface area contributed by atoms with Gasteiger partial charge >= 0.3 is 12.1 Å². The van der Waals surface area contributed by atoms with E-state index < -0.39 is 30.0 Å². The Kier molecular flexibility index (Phi) is 4.82. The maximum atomic E-state index is 12.8. The van der Waals surface area contributed by atoms with Gasteiger partial charge in [0.15, 0.2) is 0 Å². The maximum absolute atomic E-state index is 12.8. The standard InChI is InChI=1S/C13H14F3NO4/c1-12(11(19)20,13(14,15)16)17-10(18)7-8-4-3-5-9(6-8)21-2/h3-6H,7H2,1-2H3,(H,17,18)(H,19,20). The molecular weight excluding hydrogens is 291 g/mol. The third-order valence-corrected chi connectivity index (χ3v) is 2.88. The smallest absolute Gasteiger partial charge is 0.422 e. The highest BCUT2D eigenvalue weighted by Crippen LogP contribution is 2.30. The quantitative estimate of drug-likeness (QED) is 0.869. The number of nitrogens with one attached hydrogen (secondary N) is 1. The number of hydrogen-bond donors (Lipinski definition) is 2. The molecule has 0 fully saturated rings. The molecule has 5 nitrogen and oxygen atoms in total. The summed E-state index contributed by atoms with van der Waals surface area (Å²) in [7, 11) is 1.41. The molecule has 21 heavy (non-hydrogen) atoms. The Morgan fingerprint density at radius 3 is 2.43 bits per heavy atom. The molecule has 2 N–H and O–H groups in total. The minimum absolute atomic E-state index is 0.393. The van der Waals surface area contributed by atoms with Gasteiger partial charge in [-0.15, -0.1) is 0 Å². The Morgan fingerprint density at radius 2 is 1.95 bits per heavy atom. The Labute approximate surface area is 118 Å². The summed E-state index contributed by atoms with van der Waals surface area (Å²) in [4.78, 5) is 22.5. The molecule has 1 rings (SSSR count). The van der Waals surface area contributed by atoms with E-state index >= 15 is 0 Å². The second-order valence-electron chi connectivity index (χ2n) is 4.50. The largest absolute Gasteiger partial charge is 0.497 e. The molecule has 1 aromatic rings. The van der Waals surface area contributed by atoms with Crippen LogP contribution < -0.4 is 10.1 Å². The van der Waals surface area contributed by atoms with Gasteiger partial charge < -0.3 is 15.2 Å². The minimum atomic E-state index is -5.11. The second kappa shape index (κ2) is 6.02. The molecular formula is C13H14F3NO4. The van der Waals surface area contributed by atoms with E-state index in [9.17, 15) is 22.8 Å². The number of hydrogen-bond acceptors (Lipinski definition) is 3. The van der Waals surface area contributed by atoms with Crippen molar-refractivity contribution in [2.75, 3.05) is 7.11 Å². The molecule has 0 heterocycles. The molecule has 0 saturated heterocycles. The molecule has 0 spiro atoms. The fourth-order valence-electron chi connectivity index (χ4n) is 1.54. The van der Waals surface area contributed by atoms with Gasteiger partial charge in [0.1, 0.15) is 5.75 Å². The van der Waals surface area contributed by atoms with E-state index in [-0.39, 0.29) is 0 Å². The predicted octanol–water partition coefficient (Wildman–Crippen LogP) is 1.76. The fraction of sp³-hybridized carbons (Fsp3) is 0.385. The lowest BCUT2D eigenvalue weighted by Crippen LogP contribution is -2.62. The molecule has 0 aliphatic carbocycles. The number of ether oxygens (including phenoxy) is 1. The van der Waals surface area contributed by atoms with Crippen molar-refractivity contribution in [2.24, 2.45) is 0 Å². The molecule has 0 saturated carbocycles. The number of carboxylic acid groups (broad SMARTS) is 1. The van der Waals surface area contributed by atoms with Crippen LogP contribution in [-0.2, 0) is 16.0 Å². The summed E-state index contributed by atoms with van der Waals surface area (Å²) >= 11 is 0. The van der Waals surface area contributed by atoms with Crippen LogP contribution in [0.5, 0.6) is 5.75 Å². The molecule has 0 aliphatic rings. The number of aliphatic carboxylic acids is 1. The summed E-state index contributed by atoms with van der Waals surface area (Å²) in [6, 6.07) is 6.18. The third kappa shape index (κ3) is 3.87. The fourth-order valence-corrected chi connectivity index (χ4v) is 1.54. The molecule has 0 radical (unpaired) electrons. The average Bonchev–Trinajstić information content (AvgIpc) is 2.37. The molecule has 1 amide bonds. The number of amides is 1. The van der Waals surface area contributed by atoms with Crippen LogP contribution in [-0.4, -0.2) is 35.8 Å². The van der Waals surface area contributed by atoms with Gasteiger partial charge in [0.25, 0.3) is 0 Å². The van der Waals surface area contributed by atoms with Crippen molar-refractivity contribution in [1.82, 2.24) is 5.32 Å². The number of carbonyl (C=O) groups is 2. The van der Waals surface area contributed by atoms with Crippen LogP contribution in [0.15, 0.2) is 24.3 Å². The highest BCUT2D eigenvalue weighted by molar-refractivity contribution is 5.88. The van der Waals surface area contributed by atoms with Crippen LogP contribution in [0.4, 0.5) is 13.2 Å². The highest BCUT2D eigenvalue weighted by atomic mass is 19.4. The molecule has 1 atom stereocenters. The van der Waals surface area contributed by atoms with Crippen molar-refractivity contribution in [1.29, 1.82) is 0 Å². The van der Waals surface area contributed by atoms with Crippen molar-refractivity contribution in [3.8, 4) is 5.75 Å². The van der Waals surface area contributed by atoms with Crippen molar-refractivity contribution >= 4 is 11.9 Å². The number of halogens is 3. The number of methoxy groups -OCH3 is 1. The van der Waals surface area contributed by atoms with Crippen LogP contribution in [0, 0.1) is 0 Å². The summed E-state index contributed by atoms with van der Waals surface area (Å²) in [5, 5.41) is 10.2. The lowest BCUT2D eigenvalue weighted by atomic mass is 10.0. The summed E-state index contributed by atoms with van der Waals surface area (Å²) in [5.41, 5.74) is -2.93. The Hall–Kier alpha value is -2.25. The van der Waals surface area contributed by atoms with E-state index in [1.54, 1.807) is 12.1 Å². The monoisotopic (exact) mass is 305 g/mol. The van der Waals surface area contributed by atoms with E-state index in [1.807, 2.05) is 0 Å². The molecule has 0 aromatic heterocycles. The minimum Gasteiger partial charge on any atom is -0.497 e. The van der Waals surface area contributed by atoms with Gasteiger partial charge in [0.2, 0.25) is 11.4 Å². The Morgan fingerprint density at radius 1 is 1.33 bits per heavy atom. The zero-order valence-electron chi connectivity index (χ0n) is 11.3. The van der Waals surface area contributed by atoms with Gasteiger partial charge in [-0.05, 0) is 24.6 Å². The average molecular weight is 305 g/mol. The molecule has 1 unspecified atom stereocenters. The number of rotatable bonds is 5. The molecule has 0 aliphatic heterocycles. The molecule has 8 heteroatoms. The summed E-state index contributed by atoms with van der Waals surface area (Å²) < 4.78 is 43.2. The van der Waals surface area contributed by atoms with Crippen molar-refractivity contribution in [3.05, 3.63) is 29.8 Å². The lowest BCUT2D eigenvalue weighted by Gasteiger charge is -2.28. The van der Waals surface area contributed by atoms with E-state index in [0.717, 1.165) is 0 Å². The Bertz CT molecular complexity index is 544. The summed E-state index contributed by atoms with van der Waals surface area (Å²) in [5.74, 6) is -2.78. The second-order valence-corrected chi connectivity index (χ2v) is 4.50. The van der Waals surface area contributed by atoms with E-state index in [2.05, 4.69) is 0 Å². The summed E-state index contributed by atoms with van der Waals surface area (Å²) in [6.07, 6.45) is -5.50. The summed E-state index contributed by atoms with van der Waals surface area (Å²) in [6.45, 7) is 0.402. The van der Waals surface area contributed by atoms with Crippen molar-refractivity contribution < 1.29 is 32.6 Å². The zero-order chi connectivity index (χ0) is 16.3. The first-order chi connectivity index (χ1) is 9.60. The topological polar surface area (TPSA) is 75.6 Å². The van der Waals surface area contributed by atoms with Gasteiger partial charge in [-0.2, -0.15) is 13.2 Å². The van der Waals surface area contributed by atoms with E-state index in [4.69, 9.17) is 9.84 Å². The van der Waals surface area contributed by atoms with Gasteiger partial charge in [-0.3, -0.25) is 4.79 Å². The van der Waals surface area contributed by atoms with Crippen LogP contribution in [0.1, 0.15) is 12.5 Å². The van der Waals surface area contributed by atoms with Crippen LogP contribution in [0.3, 0.4) is 0 Å². The predicted molar refractivity (Wildman–Crippen MR) is 66.9 cm³/mol. The van der Waals surface area contributed by atoms with E-state index in [1.165, 1.54) is 24.6 Å². The first-order valence-corrected chi connectivity index (χ1v) is 5.84. The normalized spacial score (nSPS) is 14.1. The number of carboxylic acids is 1. The third-order valence-electron chi connectivity index (χ3n) is 2.88. The van der Waals surface area contributed by atoms with Gasteiger partial charge in [0.05, 0.1) is 13.5 Å². The lowest BCUT2D eigenvalue weighted by molar-refractivity contribution is -0.206. The number of benzene rings is 1.